The van der Waals surface area contributed by atoms with E-state index in [1.165, 1.54) is 12.8 Å². The summed E-state index contributed by atoms with van der Waals surface area (Å²) in [5.41, 5.74) is 6.90. The lowest BCUT2D eigenvalue weighted by molar-refractivity contribution is 0.0426. The highest BCUT2D eigenvalue weighted by Gasteiger charge is 2.32. The highest BCUT2D eigenvalue weighted by molar-refractivity contribution is 5.20. The molecule has 2 N–H and O–H groups in total. The van der Waals surface area contributed by atoms with E-state index in [0.717, 1.165) is 23.8 Å². The number of nitrogens with two attached hydrogens (primary N) is 1. The fourth-order valence-corrected chi connectivity index (χ4v) is 3.14. The Morgan fingerprint density at radius 3 is 2.55 bits per heavy atom. The van der Waals surface area contributed by atoms with Crippen LogP contribution in [0.4, 0.5) is 0 Å². The van der Waals surface area contributed by atoms with Gasteiger partial charge in [-0.05, 0) is 43.1 Å². The van der Waals surface area contributed by atoms with Crippen molar-refractivity contribution in [3.05, 3.63) is 23.9 Å². The van der Waals surface area contributed by atoms with E-state index in [4.69, 9.17) is 10.5 Å². The minimum Gasteiger partial charge on any atom is -0.474 e. The average Bonchev–Trinajstić information content (AvgIpc) is 2.39. The maximum absolute atomic E-state index is 6.18. The number of nitrogens with zero attached hydrogens (tertiary/aromatic N) is 1. The minimum absolute atomic E-state index is 0.0228. The summed E-state index contributed by atoms with van der Waals surface area (Å²) in [5, 5.41) is 0. The van der Waals surface area contributed by atoms with Crippen molar-refractivity contribution in [1.29, 1.82) is 0 Å². The molecule has 0 bridgehead atoms. The molecule has 2 rings (SSSR count). The van der Waals surface area contributed by atoms with E-state index in [2.05, 4.69) is 25.8 Å². The third kappa shape index (κ3) is 3.72. The second kappa shape index (κ2) is 6.57. The standard InChI is InChI=1S/C17H28N2O/c1-11(2)15-7-5-12(3)9-16(15)20-17-8-6-14(10-19-17)13(4)18/h6,8,10-13,15-16H,5,7,9,18H2,1-4H3/t12?,13-,15?,16?/m0/s1. The molecule has 1 saturated carbocycles. The van der Waals surface area contributed by atoms with Crippen molar-refractivity contribution in [1.82, 2.24) is 4.98 Å². The molecule has 4 atom stereocenters. The van der Waals surface area contributed by atoms with E-state index in [1.54, 1.807) is 0 Å². The second-order valence-electron chi connectivity index (χ2n) is 6.70. The Bertz CT molecular complexity index is 414. The summed E-state index contributed by atoms with van der Waals surface area (Å²) in [6.07, 6.45) is 5.85. The van der Waals surface area contributed by atoms with Gasteiger partial charge < -0.3 is 10.5 Å². The summed E-state index contributed by atoms with van der Waals surface area (Å²) in [7, 11) is 0. The molecule has 0 amide bonds. The van der Waals surface area contributed by atoms with Crippen molar-refractivity contribution in [2.24, 2.45) is 23.5 Å². The lowest BCUT2D eigenvalue weighted by Crippen LogP contribution is -2.36. The first kappa shape index (κ1) is 15.3. The highest BCUT2D eigenvalue weighted by Crippen LogP contribution is 2.35. The summed E-state index contributed by atoms with van der Waals surface area (Å²) in [6, 6.07) is 3.99. The topological polar surface area (TPSA) is 48.1 Å². The fourth-order valence-electron chi connectivity index (χ4n) is 3.14. The van der Waals surface area contributed by atoms with Gasteiger partial charge in [-0.2, -0.15) is 0 Å². The van der Waals surface area contributed by atoms with E-state index in [9.17, 15) is 0 Å². The molecule has 3 unspecified atom stereocenters. The van der Waals surface area contributed by atoms with Crippen molar-refractivity contribution in [3.63, 3.8) is 0 Å². The molecular weight excluding hydrogens is 248 g/mol. The van der Waals surface area contributed by atoms with Crippen molar-refractivity contribution in [3.8, 4) is 5.88 Å². The SMILES string of the molecule is CC1CCC(C(C)C)C(Oc2ccc([C@H](C)N)cn2)C1. The van der Waals surface area contributed by atoms with Crippen LogP contribution in [0.15, 0.2) is 18.3 Å². The third-order valence-electron chi connectivity index (χ3n) is 4.52. The van der Waals surface area contributed by atoms with Gasteiger partial charge in [0, 0.05) is 18.3 Å². The van der Waals surface area contributed by atoms with Gasteiger partial charge in [-0.3, -0.25) is 0 Å². The molecule has 0 aliphatic heterocycles. The zero-order valence-electron chi connectivity index (χ0n) is 13.2. The molecule has 1 aliphatic carbocycles. The molecular formula is C17H28N2O. The van der Waals surface area contributed by atoms with Gasteiger partial charge in [0.15, 0.2) is 0 Å². The minimum atomic E-state index is 0.0228. The van der Waals surface area contributed by atoms with Gasteiger partial charge in [-0.1, -0.05) is 33.3 Å². The Morgan fingerprint density at radius 1 is 1.25 bits per heavy atom. The Morgan fingerprint density at radius 2 is 2.00 bits per heavy atom. The molecule has 112 valence electrons. The molecule has 1 heterocycles. The quantitative estimate of drug-likeness (QED) is 0.906. The molecule has 0 radical (unpaired) electrons. The number of ether oxygens (including phenoxy) is 1. The number of hydrogen-bond acceptors (Lipinski definition) is 3. The highest BCUT2D eigenvalue weighted by atomic mass is 16.5. The van der Waals surface area contributed by atoms with Gasteiger partial charge in [-0.15, -0.1) is 0 Å². The number of hydrogen-bond donors (Lipinski definition) is 1. The molecule has 1 fully saturated rings. The van der Waals surface area contributed by atoms with Crippen LogP contribution in [0.2, 0.25) is 0 Å². The molecule has 20 heavy (non-hydrogen) atoms. The van der Waals surface area contributed by atoms with Gasteiger partial charge in [0.05, 0.1) is 0 Å². The second-order valence-corrected chi connectivity index (χ2v) is 6.70. The molecule has 1 aliphatic rings. The van der Waals surface area contributed by atoms with E-state index >= 15 is 0 Å². The van der Waals surface area contributed by atoms with Crippen LogP contribution in [0.3, 0.4) is 0 Å². The van der Waals surface area contributed by atoms with E-state index in [-0.39, 0.29) is 6.04 Å². The van der Waals surface area contributed by atoms with Crippen LogP contribution in [-0.2, 0) is 0 Å². The Labute approximate surface area is 122 Å². The molecule has 3 nitrogen and oxygen atoms in total. The average molecular weight is 276 g/mol. The van der Waals surface area contributed by atoms with Gasteiger partial charge in [0.2, 0.25) is 5.88 Å². The maximum Gasteiger partial charge on any atom is 0.213 e. The first-order valence-corrected chi connectivity index (χ1v) is 7.85. The molecule has 3 heteroatoms. The van der Waals surface area contributed by atoms with Crippen molar-refractivity contribution in [2.45, 2.75) is 59.1 Å². The van der Waals surface area contributed by atoms with E-state index in [1.807, 2.05) is 25.3 Å². The van der Waals surface area contributed by atoms with Gasteiger partial charge >= 0.3 is 0 Å². The first-order valence-electron chi connectivity index (χ1n) is 7.85. The van der Waals surface area contributed by atoms with Gasteiger partial charge in [-0.25, -0.2) is 4.98 Å². The van der Waals surface area contributed by atoms with Crippen LogP contribution < -0.4 is 10.5 Å². The predicted molar refractivity (Wildman–Crippen MR) is 82.6 cm³/mol. The molecule has 0 aromatic carbocycles. The largest absolute Gasteiger partial charge is 0.474 e. The van der Waals surface area contributed by atoms with Gasteiger partial charge in [0.1, 0.15) is 6.10 Å². The normalized spacial score (nSPS) is 28.4. The van der Waals surface area contributed by atoms with Crippen molar-refractivity contribution in [2.75, 3.05) is 0 Å². The fraction of sp³-hybridized carbons (Fsp3) is 0.706. The van der Waals surface area contributed by atoms with E-state index in [0.29, 0.717) is 17.9 Å². The smallest absolute Gasteiger partial charge is 0.213 e. The molecule has 1 aromatic heterocycles. The first-order chi connectivity index (χ1) is 9.47. The third-order valence-corrected chi connectivity index (χ3v) is 4.52. The Hall–Kier alpha value is -1.09. The Balaban J connectivity index is 2.05. The van der Waals surface area contributed by atoms with Crippen LogP contribution in [0.25, 0.3) is 0 Å². The van der Waals surface area contributed by atoms with Crippen molar-refractivity contribution >= 4 is 0 Å². The van der Waals surface area contributed by atoms with Crippen molar-refractivity contribution < 1.29 is 4.74 Å². The summed E-state index contributed by atoms with van der Waals surface area (Å²) in [5.74, 6) is 2.79. The lowest BCUT2D eigenvalue weighted by atomic mass is 9.75. The van der Waals surface area contributed by atoms with Crippen LogP contribution in [0.1, 0.15) is 58.6 Å². The van der Waals surface area contributed by atoms with Crippen LogP contribution in [0.5, 0.6) is 5.88 Å². The van der Waals surface area contributed by atoms with Crippen LogP contribution in [-0.4, -0.2) is 11.1 Å². The summed E-state index contributed by atoms with van der Waals surface area (Å²) < 4.78 is 6.18. The Kier molecular flexibility index (Phi) is 5.03. The summed E-state index contributed by atoms with van der Waals surface area (Å²) >= 11 is 0. The van der Waals surface area contributed by atoms with Crippen LogP contribution >= 0.6 is 0 Å². The van der Waals surface area contributed by atoms with Gasteiger partial charge in [0.25, 0.3) is 0 Å². The molecule has 1 aromatic rings. The predicted octanol–water partition coefficient (Wildman–Crippen LogP) is 3.94. The van der Waals surface area contributed by atoms with Crippen LogP contribution in [0, 0.1) is 17.8 Å². The zero-order valence-corrected chi connectivity index (χ0v) is 13.2. The lowest BCUT2D eigenvalue weighted by Gasteiger charge is -2.37. The monoisotopic (exact) mass is 276 g/mol. The summed E-state index contributed by atoms with van der Waals surface area (Å²) in [4.78, 5) is 4.41. The summed E-state index contributed by atoms with van der Waals surface area (Å²) in [6.45, 7) is 8.88. The number of pyridine rings is 1. The number of rotatable bonds is 4. The number of aromatic nitrogens is 1. The molecule has 0 spiro atoms. The van der Waals surface area contributed by atoms with E-state index < -0.39 is 0 Å². The zero-order chi connectivity index (χ0) is 14.7. The molecule has 0 saturated heterocycles. The maximum atomic E-state index is 6.18.